The zero-order valence-electron chi connectivity index (χ0n) is 10.0. The Labute approximate surface area is 104 Å². The fraction of sp³-hybridized carbons (Fsp3) is 0.143. The molecule has 18 heavy (non-hydrogen) atoms. The molecule has 2 aromatic carbocycles. The fourth-order valence-electron chi connectivity index (χ4n) is 1.75. The van der Waals surface area contributed by atoms with Crippen molar-refractivity contribution >= 4 is 11.4 Å². The number of nitrogen functional groups attached to an aromatic ring is 1. The molecule has 0 bridgehead atoms. The molecule has 4 heteroatoms. The summed E-state index contributed by atoms with van der Waals surface area (Å²) >= 11 is 0. The minimum Gasteiger partial charge on any atom is -0.399 e. The van der Waals surface area contributed by atoms with E-state index < -0.39 is 11.6 Å². The second kappa shape index (κ2) is 5.04. The quantitative estimate of drug-likeness (QED) is 0.816. The lowest BCUT2D eigenvalue weighted by Gasteiger charge is -2.11. The Kier molecular flexibility index (Phi) is 3.46. The van der Waals surface area contributed by atoms with Gasteiger partial charge in [-0.15, -0.1) is 0 Å². The Morgan fingerprint density at radius 1 is 1.11 bits per heavy atom. The van der Waals surface area contributed by atoms with E-state index in [9.17, 15) is 8.78 Å². The molecule has 2 nitrogen and oxygen atoms in total. The van der Waals surface area contributed by atoms with E-state index in [0.717, 1.165) is 23.3 Å². The van der Waals surface area contributed by atoms with Crippen LogP contribution in [0, 0.1) is 18.6 Å². The Balaban J connectivity index is 2.19. The second-order valence-electron chi connectivity index (χ2n) is 4.14. The minimum atomic E-state index is -0.680. The Morgan fingerprint density at radius 2 is 1.72 bits per heavy atom. The number of anilines is 2. The monoisotopic (exact) mass is 248 g/mol. The number of hydrogen-bond donors (Lipinski definition) is 2. The van der Waals surface area contributed by atoms with Gasteiger partial charge < -0.3 is 11.1 Å². The lowest BCUT2D eigenvalue weighted by atomic mass is 10.1. The largest absolute Gasteiger partial charge is 0.399 e. The van der Waals surface area contributed by atoms with Crippen LogP contribution in [0.5, 0.6) is 0 Å². The Hall–Kier alpha value is -2.10. The van der Waals surface area contributed by atoms with Crippen molar-refractivity contribution < 1.29 is 8.78 Å². The van der Waals surface area contributed by atoms with Crippen molar-refractivity contribution in [2.24, 2.45) is 0 Å². The van der Waals surface area contributed by atoms with Gasteiger partial charge in [-0.2, -0.15) is 0 Å². The summed E-state index contributed by atoms with van der Waals surface area (Å²) in [5, 5.41) is 2.76. The van der Waals surface area contributed by atoms with Crippen LogP contribution in [-0.4, -0.2) is 0 Å². The molecule has 0 fully saturated rings. The topological polar surface area (TPSA) is 38.0 Å². The zero-order chi connectivity index (χ0) is 13.1. The van der Waals surface area contributed by atoms with Crippen LogP contribution in [0.4, 0.5) is 20.2 Å². The molecule has 0 atom stereocenters. The third-order valence-electron chi connectivity index (χ3n) is 2.78. The first-order valence-corrected chi connectivity index (χ1v) is 5.61. The van der Waals surface area contributed by atoms with Crippen LogP contribution in [0.25, 0.3) is 0 Å². The van der Waals surface area contributed by atoms with E-state index in [1.54, 1.807) is 0 Å². The maximum Gasteiger partial charge on any atom is 0.151 e. The predicted octanol–water partition coefficient (Wildman–Crippen LogP) is 3.47. The van der Waals surface area contributed by atoms with Crippen LogP contribution < -0.4 is 11.1 Å². The highest BCUT2D eigenvalue weighted by Gasteiger charge is 2.10. The molecule has 0 amide bonds. The van der Waals surface area contributed by atoms with Crippen molar-refractivity contribution in [3.63, 3.8) is 0 Å². The van der Waals surface area contributed by atoms with Gasteiger partial charge in [0.1, 0.15) is 5.69 Å². The summed E-state index contributed by atoms with van der Waals surface area (Å²) in [5.41, 5.74) is 7.35. The first-order chi connectivity index (χ1) is 8.58. The third-order valence-corrected chi connectivity index (χ3v) is 2.78. The van der Waals surface area contributed by atoms with Crippen molar-refractivity contribution in [2.75, 3.05) is 11.1 Å². The van der Waals surface area contributed by atoms with Crippen molar-refractivity contribution in [3.8, 4) is 0 Å². The molecular weight excluding hydrogens is 234 g/mol. The van der Waals surface area contributed by atoms with Gasteiger partial charge in [-0.25, -0.2) is 8.78 Å². The average molecular weight is 248 g/mol. The van der Waals surface area contributed by atoms with Gasteiger partial charge in [0.2, 0.25) is 0 Å². The molecule has 0 aromatic heterocycles. The molecule has 2 rings (SSSR count). The first kappa shape index (κ1) is 12.4. The number of nitrogens with one attached hydrogen (secondary N) is 1. The second-order valence-corrected chi connectivity index (χ2v) is 4.14. The molecular formula is C14H14F2N2. The molecule has 0 aliphatic carbocycles. The first-order valence-electron chi connectivity index (χ1n) is 5.61. The summed E-state index contributed by atoms with van der Waals surface area (Å²) in [5.74, 6) is -1.36. The standard InChI is InChI=1S/C14H14F2N2/c1-9-4-2-3-5-10(9)8-18-14-12(15)6-11(17)7-13(14)16/h2-7,18H,8,17H2,1H3. The van der Waals surface area contributed by atoms with Gasteiger partial charge in [0.25, 0.3) is 0 Å². The van der Waals surface area contributed by atoms with Crippen LogP contribution >= 0.6 is 0 Å². The summed E-state index contributed by atoms with van der Waals surface area (Å²) in [6, 6.07) is 9.87. The van der Waals surface area contributed by atoms with E-state index in [2.05, 4.69) is 5.32 Å². The van der Waals surface area contributed by atoms with Gasteiger partial charge in [0.05, 0.1) is 0 Å². The van der Waals surface area contributed by atoms with E-state index in [4.69, 9.17) is 5.73 Å². The van der Waals surface area contributed by atoms with E-state index in [1.807, 2.05) is 31.2 Å². The molecule has 0 aliphatic heterocycles. The van der Waals surface area contributed by atoms with Gasteiger partial charge in [0, 0.05) is 12.2 Å². The lowest BCUT2D eigenvalue weighted by Crippen LogP contribution is -2.05. The van der Waals surface area contributed by atoms with Crippen molar-refractivity contribution in [1.29, 1.82) is 0 Å². The number of benzene rings is 2. The van der Waals surface area contributed by atoms with Gasteiger partial charge in [-0.1, -0.05) is 24.3 Å². The Morgan fingerprint density at radius 3 is 2.33 bits per heavy atom. The highest BCUT2D eigenvalue weighted by atomic mass is 19.1. The Bertz CT molecular complexity index is 544. The highest BCUT2D eigenvalue weighted by molar-refractivity contribution is 5.54. The summed E-state index contributed by atoms with van der Waals surface area (Å²) in [6.45, 7) is 2.32. The van der Waals surface area contributed by atoms with E-state index in [-0.39, 0.29) is 11.4 Å². The minimum absolute atomic E-state index is 0.0754. The van der Waals surface area contributed by atoms with E-state index >= 15 is 0 Å². The number of aryl methyl sites for hydroxylation is 1. The molecule has 0 unspecified atom stereocenters. The maximum atomic E-state index is 13.5. The maximum absolute atomic E-state index is 13.5. The van der Waals surface area contributed by atoms with Crippen molar-refractivity contribution in [2.45, 2.75) is 13.5 Å². The predicted molar refractivity (Wildman–Crippen MR) is 69.3 cm³/mol. The number of rotatable bonds is 3. The van der Waals surface area contributed by atoms with Crippen LogP contribution in [0.3, 0.4) is 0 Å². The van der Waals surface area contributed by atoms with Gasteiger partial charge in [-0.05, 0) is 30.2 Å². The molecule has 0 saturated carbocycles. The average Bonchev–Trinajstić information content (AvgIpc) is 2.30. The summed E-state index contributed by atoms with van der Waals surface area (Å²) in [6.07, 6.45) is 0. The molecule has 0 radical (unpaired) electrons. The molecule has 0 spiro atoms. The molecule has 2 aromatic rings. The van der Waals surface area contributed by atoms with E-state index in [1.165, 1.54) is 0 Å². The van der Waals surface area contributed by atoms with Crippen molar-refractivity contribution in [3.05, 3.63) is 59.2 Å². The molecule has 3 N–H and O–H groups in total. The molecule has 0 heterocycles. The molecule has 94 valence electrons. The van der Waals surface area contributed by atoms with Gasteiger partial charge in [0.15, 0.2) is 11.6 Å². The normalized spacial score (nSPS) is 10.4. The lowest BCUT2D eigenvalue weighted by molar-refractivity contribution is 0.589. The van der Waals surface area contributed by atoms with Gasteiger partial charge >= 0.3 is 0 Å². The molecule has 0 saturated heterocycles. The smallest absolute Gasteiger partial charge is 0.151 e. The van der Waals surface area contributed by atoms with E-state index in [0.29, 0.717) is 6.54 Å². The van der Waals surface area contributed by atoms with Gasteiger partial charge in [-0.3, -0.25) is 0 Å². The van der Waals surface area contributed by atoms with Crippen LogP contribution in [0.15, 0.2) is 36.4 Å². The summed E-state index contributed by atoms with van der Waals surface area (Å²) in [7, 11) is 0. The number of nitrogens with two attached hydrogens (primary N) is 1. The summed E-state index contributed by atoms with van der Waals surface area (Å²) < 4.78 is 27.1. The van der Waals surface area contributed by atoms with Crippen LogP contribution in [0.1, 0.15) is 11.1 Å². The van der Waals surface area contributed by atoms with Crippen LogP contribution in [0.2, 0.25) is 0 Å². The fourth-order valence-corrected chi connectivity index (χ4v) is 1.75. The zero-order valence-corrected chi connectivity index (χ0v) is 10.0. The van der Waals surface area contributed by atoms with Crippen LogP contribution in [-0.2, 0) is 6.54 Å². The van der Waals surface area contributed by atoms with Crippen molar-refractivity contribution in [1.82, 2.24) is 0 Å². The summed E-state index contributed by atoms with van der Waals surface area (Å²) in [4.78, 5) is 0. The third kappa shape index (κ3) is 2.59. The SMILES string of the molecule is Cc1ccccc1CNc1c(F)cc(N)cc1F. The molecule has 0 aliphatic rings. The number of hydrogen-bond acceptors (Lipinski definition) is 2. The number of halogens is 2. The highest BCUT2D eigenvalue weighted by Crippen LogP contribution is 2.22.